The summed E-state index contributed by atoms with van der Waals surface area (Å²) in [5.74, 6) is 0. The van der Waals surface area contributed by atoms with Crippen molar-refractivity contribution in [2.75, 3.05) is 0 Å². The highest BCUT2D eigenvalue weighted by molar-refractivity contribution is 5.85. The van der Waals surface area contributed by atoms with E-state index in [9.17, 15) is 0 Å². The first-order valence-corrected chi connectivity index (χ1v) is 9.48. The maximum Gasteiger partial charge on any atom is 0.0346 e. The molecule has 0 aliphatic carbocycles. The van der Waals surface area contributed by atoms with Gasteiger partial charge in [-0.15, -0.1) is 12.4 Å². The number of hydrogen-bond donors (Lipinski definition) is 2. The summed E-state index contributed by atoms with van der Waals surface area (Å²) in [5, 5.41) is 6.10. The highest BCUT2D eigenvalue weighted by Crippen LogP contribution is 2.18. The van der Waals surface area contributed by atoms with Crippen LogP contribution in [0.1, 0.15) is 36.5 Å². The Bertz CT molecular complexity index is 835. The average molecular weight is 384 g/mol. The molecule has 0 amide bonds. The lowest BCUT2D eigenvalue weighted by atomic mass is 10.0. The molecule has 0 fully saturated rings. The van der Waals surface area contributed by atoms with Gasteiger partial charge < -0.3 is 11.1 Å². The molecule has 1 unspecified atom stereocenters. The minimum Gasteiger partial charge on any atom is -0.328 e. The molecule has 0 radical (unpaired) electrons. The lowest BCUT2D eigenvalue weighted by Crippen LogP contribution is -2.33. The Balaban J connectivity index is 0.00000261. The third-order valence-corrected chi connectivity index (χ3v) is 4.98. The van der Waals surface area contributed by atoms with Crippen molar-refractivity contribution in [3.8, 4) is 0 Å². The standard InChI is InChI=1S/C23H29N3.ClH/c1-17-14-25-16-21-10-8-20(13-23(17)21)15-26-18(2)12-22(24)11-9-19-6-4-3-5-7-19;/h3-8,10,13-14,16,18,22,26H,9,11-12,15,24H2,1-2H3;1H/t18-,22?;/m1./s1. The summed E-state index contributed by atoms with van der Waals surface area (Å²) < 4.78 is 0. The number of nitrogens with zero attached hydrogens (tertiary/aromatic N) is 1. The van der Waals surface area contributed by atoms with E-state index in [-0.39, 0.29) is 18.4 Å². The average Bonchev–Trinajstić information content (AvgIpc) is 2.66. The van der Waals surface area contributed by atoms with E-state index >= 15 is 0 Å². The van der Waals surface area contributed by atoms with E-state index < -0.39 is 0 Å². The molecule has 3 nitrogen and oxygen atoms in total. The van der Waals surface area contributed by atoms with Crippen molar-refractivity contribution in [2.45, 2.75) is 51.7 Å². The second-order valence-electron chi connectivity index (χ2n) is 7.31. The third kappa shape index (κ3) is 6.31. The SMILES string of the molecule is Cc1cncc2ccc(CN[C@H](C)CC(N)CCc3ccccc3)cc12.Cl. The first kappa shape index (κ1) is 21.4. The van der Waals surface area contributed by atoms with Gasteiger partial charge in [-0.25, -0.2) is 0 Å². The van der Waals surface area contributed by atoms with Crippen LogP contribution in [-0.4, -0.2) is 17.1 Å². The Morgan fingerprint density at radius 1 is 1.04 bits per heavy atom. The Hall–Kier alpha value is -1.94. The minimum absolute atomic E-state index is 0. The van der Waals surface area contributed by atoms with Gasteiger partial charge in [0.2, 0.25) is 0 Å². The Morgan fingerprint density at radius 2 is 1.81 bits per heavy atom. The number of pyridine rings is 1. The van der Waals surface area contributed by atoms with Crippen molar-refractivity contribution in [1.82, 2.24) is 10.3 Å². The van der Waals surface area contributed by atoms with Gasteiger partial charge in [0.15, 0.2) is 0 Å². The Labute approximate surface area is 168 Å². The zero-order valence-corrected chi connectivity index (χ0v) is 17.0. The zero-order valence-electron chi connectivity index (χ0n) is 16.2. The Morgan fingerprint density at radius 3 is 2.59 bits per heavy atom. The maximum atomic E-state index is 6.34. The summed E-state index contributed by atoms with van der Waals surface area (Å²) in [5.41, 5.74) is 10.2. The fourth-order valence-corrected chi connectivity index (χ4v) is 3.41. The molecule has 1 aromatic heterocycles. The van der Waals surface area contributed by atoms with Crippen molar-refractivity contribution in [3.05, 3.63) is 77.6 Å². The molecule has 0 spiro atoms. The molecule has 0 bridgehead atoms. The maximum absolute atomic E-state index is 6.34. The molecule has 2 aromatic carbocycles. The minimum atomic E-state index is 0. The molecule has 4 heteroatoms. The third-order valence-electron chi connectivity index (χ3n) is 4.98. The topological polar surface area (TPSA) is 50.9 Å². The largest absolute Gasteiger partial charge is 0.328 e. The lowest BCUT2D eigenvalue weighted by Gasteiger charge is -2.19. The van der Waals surface area contributed by atoms with Gasteiger partial charge in [-0.2, -0.15) is 0 Å². The molecule has 144 valence electrons. The molecule has 27 heavy (non-hydrogen) atoms. The molecular formula is C23H30ClN3. The van der Waals surface area contributed by atoms with Gasteiger partial charge in [0, 0.05) is 36.4 Å². The summed E-state index contributed by atoms with van der Waals surface area (Å²) >= 11 is 0. The molecular weight excluding hydrogens is 354 g/mol. The van der Waals surface area contributed by atoms with Crippen LogP contribution in [0.15, 0.2) is 60.9 Å². The van der Waals surface area contributed by atoms with Gasteiger partial charge in [0.05, 0.1) is 0 Å². The van der Waals surface area contributed by atoms with Gasteiger partial charge in [0.1, 0.15) is 0 Å². The predicted molar refractivity (Wildman–Crippen MR) is 117 cm³/mol. The first-order chi connectivity index (χ1) is 12.6. The molecule has 0 aliphatic heterocycles. The van der Waals surface area contributed by atoms with Gasteiger partial charge in [-0.3, -0.25) is 4.98 Å². The molecule has 3 aromatic rings. The second kappa shape index (κ2) is 10.4. The van der Waals surface area contributed by atoms with Crippen LogP contribution in [0.2, 0.25) is 0 Å². The van der Waals surface area contributed by atoms with Crippen molar-refractivity contribution >= 4 is 23.2 Å². The second-order valence-corrected chi connectivity index (χ2v) is 7.31. The first-order valence-electron chi connectivity index (χ1n) is 9.48. The normalized spacial score (nSPS) is 13.1. The van der Waals surface area contributed by atoms with E-state index in [1.807, 2.05) is 12.4 Å². The number of halogens is 1. The number of rotatable bonds is 8. The van der Waals surface area contributed by atoms with Gasteiger partial charge in [0.25, 0.3) is 0 Å². The van der Waals surface area contributed by atoms with Gasteiger partial charge >= 0.3 is 0 Å². The van der Waals surface area contributed by atoms with Crippen LogP contribution >= 0.6 is 12.4 Å². The summed E-state index contributed by atoms with van der Waals surface area (Å²) in [6.07, 6.45) is 6.91. The summed E-state index contributed by atoms with van der Waals surface area (Å²) in [7, 11) is 0. The molecule has 3 rings (SSSR count). The van der Waals surface area contributed by atoms with E-state index in [0.29, 0.717) is 6.04 Å². The van der Waals surface area contributed by atoms with Crippen molar-refractivity contribution < 1.29 is 0 Å². The Kier molecular flexibility index (Phi) is 8.23. The van der Waals surface area contributed by atoms with Gasteiger partial charge in [-0.1, -0.05) is 42.5 Å². The predicted octanol–water partition coefficient (Wildman–Crippen LogP) is 4.79. The number of benzene rings is 2. The van der Waals surface area contributed by atoms with Crippen LogP contribution in [0.3, 0.4) is 0 Å². The van der Waals surface area contributed by atoms with Gasteiger partial charge in [-0.05, 0) is 61.3 Å². The van der Waals surface area contributed by atoms with E-state index in [2.05, 4.69) is 72.7 Å². The monoisotopic (exact) mass is 383 g/mol. The number of aryl methyl sites for hydroxylation is 2. The van der Waals surface area contributed by atoms with Crippen molar-refractivity contribution in [3.63, 3.8) is 0 Å². The van der Waals surface area contributed by atoms with Crippen LogP contribution < -0.4 is 11.1 Å². The molecule has 0 saturated carbocycles. The number of fused-ring (bicyclic) bond motifs is 1. The van der Waals surface area contributed by atoms with Crippen LogP contribution in [0, 0.1) is 6.92 Å². The number of aromatic nitrogens is 1. The van der Waals surface area contributed by atoms with E-state index in [4.69, 9.17) is 5.73 Å². The summed E-state index contributed by atoms with van der Waals surface area (Å²) in [4.78, 5) is 4.26. The van der Waals surface area contributed by atoms with Crippen LogP contribution in [0.5, 0.6) is 0 Å². The summed E-state index contributed by atoms with van der Waals surface area (Å²) in [6.45, 7) is 5.20. The molecule has 2 atom stereocenters. The van der Waals surface area contributed by atoms with E-state index in [1.165, 1.54) is 27.5 Å². The molecule has 0 aliphatic rings. The zero-order chi connectivity index (χ0) is 18.4. The number of nitrogens with one attached hydrogen (secondary N) is 1. The number of nitrogens with two attached hydrogens (primary N) is 1. The smallest absolute Gasteiger partial charge is 0.0346 e. The number of hydrogen-bond acceptors (Lipinski definition) is 3. The highest BCUT2D eigenvalue weighted by Gasteiger charge is 2.09. The van der Waals surface area contributed by atoms with E-state index in [0.717, 1.165) is 25.8 Å². The fourth-order valence-electron chi connectivity index (χ4n) is 3.41. The van der Waals surface area contributed by atoms with Crippen LogP contribution in [0.4, 0.5) is 0 Å². The fraction of sp³-hybridized carbons (Fsp3) is 0.348. The van der Waals surface area contributed by atoms with Crippen molar-refractivity contribution in [2.24, 2.45) is 5.73 Å². The molecule has 0 saturated heterocycles. The molecule has 1 heterocycles. The summed E-state index contributed by atoms with van der Waals surface area (Å²) in [6, 6.07) is 17.8. The van der Waals surface area contributed by atoms with E-state index in [1.54, 1.807) is 0 Å². The van der Waals surface area contributed by atoms with Crippen LogP contribution in [-0.2, 0) is 13.0 Å². The highest BCUT2D eigenvalue weighted by atomic mass is 35.5. The van der Waals surface area contributed by atoms with Crippen molar-refractivity contribution in [1.29, 1.82) is 0 Å². The lowest BCUT2D eigenvalue weighted by molar-refractivity contribution is 0.447. The van der Waals surface area contributed by atoms with Crippen LogP contribution in [0.25, 0.3) is 10.8 Å². The molecule has 3 N–H and O–H groups in total. The quantitative estimate of drug-likeness (QED) is 0.587.